The van der Waals surface area contributed by atoms with Gasteiger partial charge in [0, 0.05) is 25.7 Å². The molecule has 0 radical (unpaired) electrons. The molecule has 1 atom stereocenters. The molecule has 82 valence electrons. The third-order valence-electron chi connectivity index (χ3n) is 2.74. The summed E-state index contributed by atoms with van der Waals surface area (Å²) in [7, 11) is 4.29. The molecule has 1 N–H and O–H groups in total. The van der Waals surface area contributed by atoms with Crippen LogP contribution in [0.1, 0.15) is 19.8 Å². The van der Waals surface area contributed by atoms with Crippen molar-refractivity contribution in [2.45, 2.75) is 25.8 Å². The maximum absolute atomic E-state index is 5.31. The van der Waals surface area contributed by atoms with Crippen LogP contribution in [0.15, 0.2) is 0 Å². The first-order valence-electron chi connectivity index (χ1n) is 5.34. The molecule has 1 aliphatic rings. The van der Waals surface area contributed by atoms with E-state index < -0.39 is 0 Å². The SMILES string of the molecule is CCNC(=S)N1CCCC(N(C)C)C1. The van der Waals surface area contributed by atoms with Crippen LogP contribution in [0.4, 0.5) is 0 Å². The third kappa shape index (κ3) is 3.10. The molecule has 0 aromatic heterocycles. The third-order valence-corrected chi connectivity index (χ3v) is 3.14. The molecular weight excluding hydrogens is 194 g/mol. The fourth-order valence-corrected chi connectivity index (χ4v) is 2.13. The molecule has 0 spiro atoms. The molecule has 0 saturated carbocycles. The van der Waals surface area contributed by atoms with Crippen molar-refractivity contribution in [3.63, 3.8) is 0 Å². The Hall–Kier alpha value is -0.350. The summed E-state index contributed by atoms with van der Waals surface area (Å²) in [6.45, 7) is 5.18. The molecule has 1 aliphatic heterocycles. The van der Waals surface area contributed by atoms with Crippen LogP contribution in [0.2, 0.25) is 0 Å². The van der Waals surface area contributed by atoms with Gasteiger partial charge >= 0.3 is 0 Å². The zero-order valence-electron chi connectivity index (χ0n) is 9.42. The van der Waals surface area contributed by atoms with E-state index in [1.165, 1.54) is 12.8 Å². The fraction of sp³-hybridized carbons (Fsp3) is 0.900. The summed E-state index contributed by atoms with van der Waals surface area (Å²) >= 11 is 5.31. The van der Waals surface area contributed by atoms with Crippen LogP contribution in [-0.4, -0.2) is 54.7 Å². The molecule has 4 heteroatoms. The molecule has 1 unspecified atom stereocenters. The van der Waals surface area contributed by atoms with E-state index >= 15 is 0 Å². The van der Waals surface area contributed by atoms with Crippen molar-refractivity contribution >= 4 is 17.3 Å². The highest BCUT2D eigenvalue weighted by Gasteiger charge is 2.22. The number of hydrogen-bond donors (Lipinski definition) is 1. The number of rotatable bonds is 2. The Morgan fingerprint density at radius 2 is 2.29 bits per heavy atom. The molecule has 14 heavy (non-hydrogen) atoms. The van der Waals surface area contributed by atoms with Gasteiger partial charge in [-0.05, 0) is 46.1 Å². The molecule has 3 nitrogen and oxygen atoms in total. The van der Waals surface area contributed by atoms with E-state index in [1.807, 2.05) is 0 Å². The van der Waals surface area contributed by atoms with E-state index in [1.54, 1.807) is 0 Å². The van der Waals surface area contributed by atoms with E-state index in [-0.39, 0.29) is 0 Å². The highest BCUT2D eigenvalue weighted by molar-refractivity contribution is 7.80. The minimum absolute atomic E-state index is 0.653. The van der Waals surface area contributed by atoms with E-state index in [4.69, 9.17) is 12.2 Å². The molecular formula is C10H21N3S. The van der Waals surface area contributed by atoms with Crippen molar-refractivity contribution in [2.75, 3.05) is 33.7 Å². The summed E-state index contributed by atoms with van der Waals surface area (Å²) in [6.07, 6.45) is 2.53. The van der Waals surface area contributed by atoms with Crippen LogP contribution in [-0.2, 0) is 0 Å². The normalized spacial score (nSPS) is 22.6. The van der Waals surface area contributed by atoms with E-state index in [0.717, 1.165) is 24.7 Å². The molecule has 1 fully saturated rings. The lowest BCUT2D eigenvalue weighted by Crippen LogP contribution is -2.50. The number of piperidine rings is 1. The number of likely N-dealkylation sites (N-methyl/N-ethyl adjacent to an activating group) is 1. The molecule has 0 amide bonds. The first-order valence-corrected chi connectivity index (χ1v) is 5.75. The zero-order valence-corrected chi connectivity index (χ0v) is 10.2. The van der Waals surface area contributed by atoms with Crippen molar-refractivity contribution in [3.8, 4) is 0 Å². The van der Waals surface area contributed by atoms with Crippen molar-refractivity contribution in [1.82, 2.24) is 15.1 Å². The summed E-state index contributed by atoms with van der Waals surface area (Å²) in [5, 5.41) is 4.13. The Labute approximate surface area is 92.4 Å². The first-order chi connectivity index (χ1) is 6.65. The topological polar surface area (TPSA) is 18.5 Å². The lowest BCUT2D eigenvalue weighted by molar-refractivity contribution is 0.183. The second kappa shape index (κ2) is 5.51. The van der Waals surface area contributed by atoms with Gasteiger partial charge in [-0.3, -0.25) is 0 Å². The lowest BCUT2D eigenvalue weighted by Gasteiger charge is -2.37. The maximum atomic E-state index is 5.31. The lowest BCUT2D eigenvalue weighted by atomic mass is 10.1. The van der Waals surface area contributed by atoms with Crippen molar-refractivity contribution < 1.29 is 0 Å². The summed E-state index contributed by atoms with van der Waals surface area (Å²) in [6, 6.07) is 0.653. The maximum Gasteiger partial charge on any atom is 0.168 e. The molecule has 1 rings (SSSR count). The quantitative estimate of drug-likeness (QED) is 0.690. The summed E-state index contributed by atoms with van der Waals surface area (Å²) < 4.78 is 0. The van der Waals surface area contributed by atoms with Gasteiger partial charge in [0.1, 0.15) is 0 Å². The van der Waals surface area contributed by atoms with Gasteiger partial charge in [-0.2, -0.15) is 0 Å². The monoisotopic (exact) mass is 215 g/mol. The van der Waals surface area contributed by atoms with Gasteiger partial charge in [-0.1, -0.05) is 0 Å². The van der Waals surface area contributed by atoms with Crippen molar-refractivity contribution in [3.05, 3.63) is 0 Å². The highest BCUT2D eigenvalue weighted by Crippen LogP contribution is 2.13. The number of nitrogens with one attached hydrogen (secondary N) is 1. The van der Waals surface area contributed by atoms with Gasteiger partial charge in [-0.25, -0.2) is 0 Å². The van der Waals surface area contributed by atoms with Gasteiger partial charge in [0.05, 0.1) is 0 Å². The Bertz CT molecular complexity index is 194. The molecule has 1 saturated heterocycles. The Morgan fingerprint density at radius 3 is 2.86 bits per heavy atom. The molecule has 0 aromatic carbocycles. The van der Waals surface area contributed by atoms with Crippen LogP contribution >= 0.6 is 12.2 Å². The van der Waals surface area contributed by atoms with Gasteiger partial charge in [0.2, 0.25) is 0 Å². The minimum Gasteiger partial charge on any atom is -0.363 e. The smallest absolute Gasteiger partial charge is 0.168 e. The van der Waals surface area contributed by atoms with E-state index in [2.05, 4.69) is 36.1 Å². The number of likely N-dealkylation sites (tertiary alicyclic amines) is 1. The summed E-state index contributed by atoms with van der Waals surface area (Å²) in [5.74, 6) is 0. The summed E-state index contributed by atoms with van der Waals surface area (Å²) in [5.41, 5.74) is 0. The second-order valence-corrected chi connectivity index (χ2v) is 4.43. The van der Waals surface area contributed by atoms with Crippen molar-refractivity contribution in [2.24, 2.45) is 0 Å². The van der Waals surface area contributed by atoms with Crippen LogP contribution < -0.4 is 5.32 Å². The Kier molecular flexibility index (Phi) is 4.62. The van der Waals surface area contributed by atoms with Crippen molar-refractivity contribution in [1.29, 1.82) is 0 Å². The first kappa shape index (κ1) is 11.7. The minimum atomic E-state index is 0.653. The van der Waals surface area contributed by atoms with E-state index in [9.17, 15) is 0 Å². The summed E-state index contributed by atoms with van der Waals surface area (Å²) in [4.78, 5) is 4.58. The zero-order chi connectivity index (χ0) is 10.6. The van der Waals surface area contributed by atoms with Crippen LogP contribution in [0.5, 0.6) is 0 Å². The largest absolute Gasteiger partial charge is 0.363 e. The predicted molar refractivity (Wildman–Crippen MR) is 64.6 cm³/mol. The van der Waals surface area contributed by atoms with E-state index in [0.29, 0.717) is 6.04 Å². The molecule has 1 heterocycles. The number of nitrogens with zero attached hydrogens (tertiary/aromatic N) is 2. The average molecular weight is 215 g/mol. The molecule has 0 aromatic rings. The van der Waals surface area contributed by atoms with Gasteiger partial charge in [0.15, 0.2) is 5.11 Å². The number of hydrogen-bond acceptors (Lipinski definition) is 2. The Balaban J connectivity index is 2.43. The van der Waals surface area contributed by atoms with Gasteiger partial charge in [0.25, 0.3) is 0 Å². The van der Waals surface area contributed by atoms with Crippen LogP contribution in [0.25, 0.3) is 0 Å². The van der Waals surface area contributed by atoms with Crippen LogP contribution in [0, 0.1) is 0 Å². The molecule has 0 aliphatic carbocycles. The number of thiocarbonyl (C=S) groups is 1. The predicted octanol–water partition coefficient (Wildman–Crippen LogP) is 0.907. The van der Waals surface area contributed by atoms with Gasteiger partial charge in [-0.15, -0.1) is 0 Å². The molecule has 0 bridgehead atoms. The van der Waals surface area contributed by atoms with Crippen LogP contribution in [0.3, 0.4) is 0 Å². The average Bonchev–Trinajstić information content (AvgIpc) is 2.18. The second-order valence-electron chi connectivity index (χ2n) is 4.04. The Morgan fingerprint density at radius 1 is 1.57 bits per heavy atom. The fourth-order valence-electron chi connectivity index (χ4n) is 1.82. The highest BCUT2D eigenvalue weighted by atomic mass is 32.1. The standard InChI is InChI=1S/C10H21N3S/c1-4-11-10(14)13-7-5-6-9(8-13)12(2)3/h9H,4-8H2,1-3H3,(H,11,14). The van der Waals surface area contributed by atoms with Gasteiger partial charge < -0.3 is 15.1 Å².